The predicted octanol–water partition coefficient (Wildman–Crippen LogP) is 3.48. The van der Waals surface area contributed by atoms with Gasteiger partial charge in [-0.05, 0) is 43.5 Å². The third-order valence-corrected chi connectivity index (χ3v) is 5.43. The molecule has 1 aromatic carbocycles. The number of nitrogens with one attached hydrogen (secondary N) is 1. The van der Waals surface area contributed by atoms with Crippen molar-refractivity contribution in [2.75, 3.05) is 23.3 Å². The maximum atomic E-state index is 12.8. The van der Waals surface area contributed by atoms with E-state index in [0.29, 0.717) is 17.4 Å². The van der Waals surface area contributed by atoms with E-state index in [1.807, 2.05) is 43.5 Å². The van der Waals surface area contributed by atoms with Gasteiger partial charge in [-0.1, -0.05) is 17.7 Å². The van der Waals surface area contributed by atoms with Crippen molar-refractivity contribution in [2.45, 2.75) is 19.8 Å². The van der Waals surface area contributed by atoms with Crippen LogP contribution in [0.2, 0.25) is 5.02 Å². The summed E-state index contributed by atoms with van der Waals surface area (Å²) in [5.41, 5.74) is 1.64. The Kier molecular flexibility index (Phi) is 5.25. The van der Waals surface area contributed by atoms with Crippen LogP contribution < -0.4 is 10.2 Å². The third kappa shape index (κ3) is 3.84. The number of piperidine rings is 1. The van der Waals surface area contributed by atoms with E-state index in [-0.39, 0.29) is 11.8 Å². The molecular weight excluding hydrogens is 376 g/mol. The molecule has 0 spiro atoms. The summed E-state index contributed by atoms with van der Waals surface area (Å²) in [6, 6.07) is 9.28. The lowest BCUT2D eigenvalue weighted by Gasteiger charge is -2.33. The van der Waals surface area contributed by atoms with Crippen molar-refractivity contribution in [1.82, 2.24) is 19.7 Å². The molecule has 28 heavy (non-hydrogen) atoms. The lowest BCUT2D eigenvalue weighted by atomic mass is 9.97. The van der Waals surface area contributed by atoms with Crippen molar-refractivity contribution < 1.29 is 4.79 Å². The van der Waals surface area contributed by atoms with Crippen LogP contribution in [-0.4, -0.2) is 38.7 Å². The van der Waals surface area contributed by atoms with E-state index in [1.165, 1.54) is 6.33 Å². The SMILES string of the molecule is Cc1c(Cl)cccc1NC(=O)C1CCCN(c2cc(-n3cccn3)ncn2)C1. The molecule has 7 nitrogen and oxygen atoms in total. The zero-order valence-electron chi connectivity index (χ0n) is 15.5. The van der Waals surface area contributed by atoms with Gasteiger partial charge in [0.2, 0.25) is 5.91 Å². The molecule has 3 aromatic rings. The topological polar surface area (TPSA) is 75.9 Å². The highest BCUT2D eigenvalue weighted by Crippen LogP contribution is 2.26. The fourth-order valence-corrected chi connectivity index (χ4v) is 3.59. The van der Waals surface area contributed by atoms with Crippen molar-refractivity contribution in [2.24, 2.45) is 5.92 Å². The van der Waals surface area contributed by atoms with E-state index in [2.05, 4.69) is 25.3 Å². The second kappa shape index (κ2) is 7.98. The van der Waals surface area contributed by atoms with Gasteiger partial charge in [0.15, 0.2) is 5.82 Å². The number of hydrogen-bond acceptors (Lipinski definition) is 5. The molecule has 1 atom stereocenters. The minimum Gasteiger partial charge on any atom is -0.356 e. The standard InChI is InChI=1S/C20H21ClN6O/c1-14-16(21)6-2-7-17(14)25-20(28)15-5-3-9-26(12-15)18-11-19(23-13-22-18)27-10-4-8-24-27/h2,4,6-8,10-11,13,15H,3,5,9,12H2,1H3,(H,25,28). The van der Waals surface area contributed by atoms with E-state index >= 15 is 0 Å². The molecule has 1 saturated heterocycles. The van der Waals surface area contributed by atoms with Gasteiger partial charge in [0.25, 0.3) is 0 Å². The normalized spacial score (nSPS) is 16.8. The average Bonchev–Trinajstić information content (AvgIpc) is 3.27. The molecule has 2 aromatic heterocycles. The number of amides is 1. The molecule has 1 aliphatic heterocycles. The van der Waals surface area contributed by atoms with E-state index in [4.69, 9.17) is 11.6 Å². The number of rotatable bonds is 4. The first kappa shape index (κ1) is 18.4. The first-order valence-corrected chi connectivity index (χ1v) is 9.62. The van der Waals surface area contributed by atoms with Crippen molar-refractivity contribution in [3.05, 3.63) is 59.6 Å². The van der Waals surface area contributed by atoms with Crippen LogP contribution in [-0.2, 0) is 4.79 Å². The Morgan fingerprint density at radius 1 is 1.25 bits per heavy atom. The third-order valence-electron chi connectivity index (χ3n) is 5.02. The Labute approximate surface area is 168 Å². The second-order valence-corrected chi connectivity index (χ2v) is 7.28. The highest BCUT2D eigenvalue weighted by atomic mass is 35.5. The summed E-state index contributed by atoms with van der Waals surface area (Å²) in [6.07, 6.45) is 6.85. The van der Waals surface area contributed by atoms with Crippen LogP contribution in [0.15, 0.2) is 49.1 Å². The Hall–Kier alpha value is -2.93. The summed E-state index contributed by atoms with van der Waals surface area (Å²) in [5.74, 6) is 1.40. The fraction of sp³-hybridized carbons (Fsp3) is 0.300. The number of carbonyl (C=O) groups excluding carboxylic acids is 1. The molecule has 3 heterocycles. The maximum Gasteiger partial charge on any atom is 0.229 e. The van der Waals surface area contributed by atoms with Gasteiger partial charge in [0, 0.05) is 42.3 Å². The molecule has 1 unspecified atom stereocenters. The number of anilines is 2. The highest BCUT2D eigenvalue weighted by Gasteiger charge is 2.27. The van der Waals surface area contributed by atoms with E-state index in [0.717, 1.165) is 36.5 Å². The van der Waals surface area contributed by atoms with E-state index in [1.54, 1.807) is 10.9 Å². The Bertz CT molecular complexity index is 975. The van der Waals surface area contributed by atoms with E-state index in [9.17, 15) is 4.79 Å². The highest BCUT2D eigenvalue weighted by molar-refractivity contribution is 6.31. The number of nitrogens with zero attached hydrogens (tertiary/aromatic N) is 5. The molecule has 0 radical (unpaired) electrons. The Morgan fingerprint density at radius 2 is 2.11 bits per heavy atom. The molecule has 1 fully saturated rings. The molecule has 0 bridgehead atoms. The van der Waals surface area contributed by atoms with Crippen molar-refractivity contribution in [1.29, 1.82) is 0 Å². The van der Waals surface area contributed by atoms with Gasteiger partial charge in [0.05, 0.1) is 5.92 Å². The molecule has 1 amide bonds. The second-order valence-electron chi connectivity index (χ2n) is 6.87. The lowest BCUT2D eigenvalue weighted by Crippen LogP contribution is -2.41. The summed E-state index contributed by atoms with van der Waals surface area (Å²) >= 11 is 6.16. The fourth-order valence-electron chi connectivity index (χ4n) is 3.42. The Morgan fingerprint density at radius 3 is 2.93 bits per heavy atom. The molecule has 4 rings (SSSR count). The molecule has 144 valence electrons. The number of halogens is 1. The number of carbonyl (C=O) groups is 1. The molecule has 8 heteroatoms. The smallest absolute Gasteiger partial charge is 0.229 e. The van der Waals surface area contributed by atoms with E-state index < -0.39 is 0 Å². The minimum atomic E-state index is -0.116. The maximum absolute atomic E-state index is 12.8. The van der Waals surface area contributed by atoms with Gasteiger partial charge < -0.3 is 10.2 Å². The summed E-state index contributed by atoms with van der Waals surface area (Å²) < 4.78 is 1.70. The molecule has 1 aliphatic rings. The Balaban J connectivity index is 1.48. The number of benzene rings is 1. The summed E-state index contributed by atoms with van der Waals surface area (Å²) in [7, 11) is 0. The van der Waals surface area contributed by atoms with Crippen LogP contribution in [0.5, 0.6) is 0 Å². The van der Waals surface area contributed by atoms with Crippen LogP contribution in [0.3, 0.4) is 0 Å². The van der Waals surface area contributed by atoms with Gasteiger partial charge >= 0.3 is 0 Å². The average molecular weight is 397 g/mol. The predicted molar refractivity (Wildman–Crippen MR) is 109 cm³/mol. The monoisotopic (exact) mass is 396 g/mol. The number of hydrogen-bond donors (Lipinski definition) is 1. The lowest BCUT2D eigenvalue weighted by molar-refractivity contribution is -0.120. The quantitative estimate of drug-likeness (QED) is 0.730. The summed E-state index contributed by atoms with van der Waals surface area (Å²) in [4.78, 5) is 23.6. The van der Waals surface area contributed by atoms with Gasteiger partial charge in [-0.2, -0.15) is 5.10 Å². The molecule has 0 saturated carbocycles. The van der Waals surface area contributed by atoms with Crippen LogP contribution >= 0.6 is 11.6 Å². The van der Waals surface area contributed by atoms with Crippen LogP contribution in [0.4, 0.5) is 11.5 Å². The van der Waals surface area contributed by atoms with Crippen molar-refractivity contribution >= 4 is 29.0 Å². The summed E-state index contributed by atoms with van der Waals surface area (Å²) in [5, 5.41) is 7.89. The van der Waals surface area contributed by atoms with Crippen LogP contribution in [0.25, 0.3) is 5.82 Å². The van der Waals surface area contributed by atoms with Gasteiger partial charge in [0.1, 0.15) is 12.1 Å². The largest absolute Gasteiger partial charge is 0.356 e. The van der Waals surface area contributed by atoms with Crippen molar-refractivity contribution in [3.8, 4) is 5.82 Å². The number of aromatic nitrogens is 4. The van der Waals surface area contributed by atoms with Gasteiger partial charge in [-0.25, -0.2) is 14.6 Å². The molecular formula is C20H21ClN6O. The first-order valence-electron chi connectivity index (χ1n) is 9.25. The van der Waals surface area contributed by atoms with Crippen LogP contribution in [0.1, 0.15) is 18.4 Å². The van der Waals surface area contributed by atoms with Gasteiger partial charge in [-0.15, -0.1) is 0 Å². The first-order chi connectivity index (χ1) is 13.6. The minimum absolute atomic E-state index is 0.0106. The van der Waals surface area contributed by atoms with Gasteiger partial charge in [-0.3, -0.25) is 4.79 Å². The zero-order chi connectivity index (χ0) is 19.5. The molecule has 1 N–H and O–H groups in total. The van der Waals surface area contributed by atoms with Crippen molar-refractivity contribution in [3.63, 3.8) is 0 Å². The summed E-state index contributed by atoms with van der Waals surface area (Å²) in [6.45, 7) is 3.37. The molecule has 0 aliphatic carbocycles. The van der Waals surface area contributed by atoms with Crippen LogP contribution in [0, 0.1) is 12.8 Å². The zero-order valence-corrected chi connectivity index (χ0v) is 16.3.